The number of nitrogens with one attached hydrogen (secondary N) is 1. The van der Waals surface area contributed by atoms with Gasteiger partial charge in [-0.05, 0) is 37.0 Å². The Morgan fingerprint density at radius 1 is 1.39 bits per heavy atom. The second-order valence-corrected chi connectivity index (χ2v) is 5.21. The molecule has 100 valence electrons. The van der Waals surface area contributed by atoms with Gasteiger partial charge in [-0.2, -0.15) is 0 Å². The Hall–Kier alpha value is -1.06. The maximum atomic E-state index is 5.34. The third kappa shape index (κ3) is 3.03. The smallest absolute Gasteiger partial charge is 0.124 e. The lowest BCUT2D eigenvalue weighted by molar-refractivity contribution is 0.181. The van der Waals surface area contributed by atoms with E-state index in [1.165, 1.54) is 12.0 Å². The van der Waals surface area contributed by atoms with Gasteiger partial charge in [0.25, 0.3) is 0 Å². The number of hydrogen-bond acceptors (Lipinski definition) is 3. The second-order valence-electron chi connectivity index (χ2n) is 5.21. The zero-order valence-electron chi connectivity index (χ0n) is 11.7. The van der Waals surface area contributed by atoms with Crippen LogP contribution in [0.15, 0.2) is 18.2 Å². The highest BCUT2D eigenvalue weighted by atomic mass is 16.5. The third-order valence-electron chi connectivity index (χ3n) is 3.68. The molecule has 1 aromatic carbocycles. The number of methoxy groups -OCH3 is 2. The maximum Gasteiger partial charge on any atom is 0.124 e. The van der Waals surface area contributed by atoms with E-state index >= 15 is 0 Å². The molecule has 1 N–H and O–H groups in total. The molecule has 3 unspecified atom stereocenters. The Bertz CT molecular complexity index is 405. The quantitative estimate of drug-likeness (QED) is 0.841. The largest absolute Gasteiger partial charge is 0.496 e. The molecule has 1 saturated carbocycles. The minimum Gasteiger partial charge on any atom is -0.496 e. The summed E-state index contributed by atoms with van der Waals surface area (Å²) in [5.41, 5.74) is 2.40. The van der Waals surface area contributed by atoms with E-state index < -0.39 is 0 Å². The summed E-state index contributed by atoms with van der Waals surface area (Å²) in [4.78, 5) is 0. The molecule has 3 nitrogen and oxygen atoms in total. The van der Waals surface area contributed by atoms with Gasteiger partial charge in [-0.3, -0.25) is 0 Å². The Morgan fingerprint density at radius 3 is 2.67 bits per heavy atom. The number of ether oxygens (including phenoxy) is 2. The fraction of sp³-hybridized carbons (Fsp3) is 0.600. The Labute approximate surface area is 109 Å². The molecule has 1 aliphatic rings. The third-order valence-corrected chi connectivity index (χ3v) is 3.68. The fourth-order valence-corrected chi connectivity index (χ4v) is 2.31. The van der Waals surface area contributed by atoms with Crippen LogP contribution in [0.4, 0.5) is 0 Å². The van der Waals surface area contributed by atoms with Crippen LogP contribution in [0.1, 0.15) is 37.4 Å². The monoisotopic (exact) mass is 249 g/mol. The topological polar surface area (TPSA) is 30.5 Å². The van der Waals surface area contributed by atoms with Gasteiger partial charge in [0.15, 0.2) is 0 Å². The normalized spacial score (nSPS) is 23.8. The van der Waals surface area contributed by atoms with Crippen LogP contribution >= 0.6 is 0 Å². The molecule has 0 heterocycles. The lowest BCUT2D eigenvalue weighted by atomic mass is 10.0. The average Bonchev–Trinajstić information content (AvgIpc) is 3.05. The predicted octanol–water partition coefficient (Wildman–Crippen LogP) is 2.90. The van der Waals surface area contributed by atoms with Gasteiger partial charge in [-0.15, -0.1) is 0 Å². The van der Waals surface area contributed by atoms with Crippen molar-refractivity contribution in [1.82, 2.24) is 5.32 Å². The van der Waals surface area contributed by atoms with Crippen LogP contribution in [-0.2, 0) is 11.3 Å². The van der Waals surface area contributed by atoms with Crippen LogP contribution in [0.5, 0.6) is 5.75 Å². The SMILES string of the molecule is COCc1cc(C(C)NC2CC2C)ccc1OC. The van der Waals surface area contributed by atoms with E-state index in [0.717, 1.165) is 17.2 Å². The predicted molar refractivity (Wildman–Crippen MR) is 72.8 cm³/mol. The van der Waals surface area contributed by atoms with E-state index in [4.69, 9.17) is 9.47 Å². The number of rotatable bonds is 6. The molecule has 1 aliphatic carbocycles. The summed E-state index contributed by atoms with van der Waals surface area (Å²) in [6.07, 6.45) is 1.30. The lowest BCUT2D eigenvalue weighted by Crippen LogP contribution is -2.22. The first-order valence-electron chi connectivity index (χ1n) is 6.57. The van der Waals surface area contributed by atoms with Gasteiger partial charge in [0, 0.05) is 24.8 Å². The highest BCUT2D eigenvalue weighted by molar-refractivity contribution is 5.38. The van der Waals surface area contributed by atoms with Crippen LogP contribution in [0.25, 0.3) is 0 Å². The number of benzene rings is 1. The van der Waals surface area contributed by atoms with E-state index in [0.29, 0.717) is 18.7 Å². The molecule has 0 bridgehead atoms. The molecule has 18 heavy (non-hydrogen) atoms. The van der Waals surface area contributed by atoms with Crippen molar-refractivity contribution in [3.8, 4) is 5.75 Å². The molecule has 0 spiro atoms. The van der Waals surface area contributed by atoms with Crippen molar-refractivity contribution in [3.63, 3.8) is 0 Å². The summed E-state index contributed by atoms with van der Waals surface area (Å²) in [6.45, 7) is 5.09. The molecule has 0 aromatic heterocycles. The van der Waals surface area contributed by atoms with Crippen molar-refractivity contribution in [3.05, 3.63) is 29.3 Å². The van der Waals surface area contributed by atoms with Crippen LogP contribution in [0.2, 0.25) is 0 Å². The Kier molecular flexibility index (Phi) is 4.25. The Balaban J connectivity index is 2.09. The van der Waals surface area contributed by atoms with E-state index in [9.17, 15) is 0 Å². The summed E-state index contributed by atoms with van der Waals surface area (Å²) >= 11 is 0. The molecule has 0 saturated heterocycles. The minimum atomic E-state index is 0.376. The van der Waals surface area contributed by atoms with E-state index in [1.807, 2.05) is 6.07 Å². The summed E-state index contributed by atoms with van der Waals surface area (Å²) in [6, 6.07) is 7.39. The first kappa shape index (κ1) is 13.4. The van der Waals surface area contributed by atoms with E-state index in [1.54, 1.807) is 14.2 Å². The maximum absolute atomic E-state index is 5.34. The van der Waals surface area contributed by atoms with E-state index in [-0.39, 0.29) is 0 Å². The summed E-state index contributed by atoms with van der Waals surface area (Å²) in [5.74, 6) is 1.72. The average molecular weight is 249 g/mol. The molecule has 1 aromatic rings. The molecule has 0 amide bonds. The molecule has 0 aliphatic heterocycles. The molecule has 1 fully saturated rings. The van der Waals surface area contributed by atoms with Crippen molar-refractivity contribution in [2.75, 3.05) is 14.2 Å². The van der Waals surface area contributed by atoms with Gasteiger partial charge in [0.05, 0.1) is 13.7 Å². The van der Waals surface area contributed by atoms with E-state index in [2.05, 4.69) is 31.3 Å². The molecular formula is C15H23NO2. The van der Waals surface area contributed by atoms with Crippen LogP contribution < -0.4 is 10.1 Å². The molecule has 2 rings (SSSR count). The zero-order chi connectivity index (χ0) is 13.1. The van der Waals surface area contributed by atoms with Crippen LogP contribution in [-0.4, -0.2) is 20.3 Å². The van der Waals surface area contributed by atoms with Crippen molar-refractivity contribution in [1.29, 1.82) is 0 Å². The van der Waals surface area contributed by atoms with Gasteiger partial charge in [-0.1, -0.05) is 13.0 Å². The van der Waals surface area contributed by atoms with Crippen LogP contribution in [0.3, 0.4) is 0 Å². The summed E-state index contributed by atoms with van der Waals surface area (Å²) in [5, 5.41) is 3.65. The molecule has 0 radical (unpaired) electrons. The second kappa shape index (κ2) is 5.72. The lowest BCUT2D eigenvalue weighted by Gasteiger charge is -2.16. The van der Waals surface area contributed by atoms with Crippen LogP contribution in [0, 0.1) is 5.92 Å². The first-order valence-corrected chi connectivity index (χ1v) is 6.57. The first-order chi connectivity index (χ1) is 8.65. The summed E-state index contributed by atoms with van der Waals surface area (Å²) in [7, 11) is 3.40. The van der Waals surface area contributed by atoms with Gasteiger partial charge in [0.1, 0.15) is 5.75 Å². The van der Waals surface area contributed by atoms with Crippen molar-refractivity contribution >= 4 is 0 Å². The standard InChI is InChI=1S/C15H23NO2/c1-10-7-14(10)16-11(2)12-5-6-15(18-4)13(8-12)9-17-3/h5-6,8,10-11,14,16H,7,9H2,1-4H3. The minimum absolute atomic E-state index is 0.376. The van der Waals surface area contributed by atoms with Gasteiger partial charge in [-0.25, -0.2) is 0 Å². The highest BCUT2D eigenvalue weighted by Gasteiger charge is 2.33. The Morgan fingerprint density at radius 2 is 2.11 bits per heavy atom. The molecule has 3 atom stereocenters. The van der Waals surface area contributed by atoms with Gasteiger partial charge < -0.3 is 14.8 Å². The fourth-order valence-electron chi connectivity index (χ4n) is 2.31. The highest BCUT2D eigenvalue weighted by Crippen LogP contribution is 2.32. The van der Waals surface area contributed by atoms with Crippen molar-refractivity contribution < 1.29 is 9.47 Å². The molecule has 3 heteroatoms. The van der Waals surface area contributed by atoms with Crippen molar-refractivity contribution in [2.24, 2.45) is 5.92 Å². The summed E-state index contributed by atoms with van der Waals surface area (Å²) < 4.78 is 10.6. The van der Waals surface area contributed by atoms with Crippen molar-refractivity contribution in [2.45, 2.75) is 39.0 Å². The van der Waals surface area contributed by atoms with Gasteiger partial charge >= 0.3 is 0 Å². The van der Waals surface area contributed by atoms with Gasteiger partial charge in [0.2, 0.25) is 0 Å². The zero-order valence-corrected chi connectivity index (χ0v) is 11.7. The molecular weight excluding hydrogens is 226 g/mol. The number of hydrogen-bond donors (Lipinski definition) is 1.